The molecule has 0 saturated heterocycles. The molecule has 1 aromatic carbocycles. The molecule has 2 aromatic heterocycles. The Morgan fingerprint density at radius 2 is 2.06 bits per heavy atom. The molecule has 2 heterocycles. The minimum atomic E-state index is 0.142. The fourth-order valence-electron chi connectivity index (χ4n) is 1.83. The highest BCUT2D eigenvalue weighted by Gasteiger charge is 2.10. The number of hydrogen-bond acceptors (Lipinski definition) is 5. The van der Waals surface area contributed by atoms with Crippen molar-refractivity contribution in [3.63, 3.8) is 0 Å². The number of thiazole rings is 1. The Kier molecular flexibility index (Phi) is 2.90. The van der Waals surface area contributed by atoms with E-state index in [-0.39, 0.29) is 6.04 Å². The third-order valence-corrected chi connectivity index (χ3v) is 3.68. The van der Waals surface area contributed by atoms with Crippen molar-refractivity contribution in [1.82, 2.24) is 15.0 Å². The zero-order chi connectivity index (χ0) is 12.4. The first-order valence-electron chi connectivity index (χ1n) is 5.70. The van der Waals surface area contributed by atoms with Gasteiger partial charge in [-0.1, -0.05) is 12.1 Å². The summed E-state index contributed by atoms with van der Waals surface area (Å²) in [6, 6.07) is 8.11. The molecule has 1 unspecified atom stereocenters. The first-order chi connectivity index (χ1) is 8.84. The van der Waals surface area contributed by atoms with Crippen molar-refractivity contribution < 1.29 is 0 Å². The average molecular weight is 256 g/mol. The van der Waals surface area contributed by atoms with E-state index in [1.165, 1.54) is 0 Å². The van der Waals surface area contributed by atoms with Gasteiger partial charge in [0.05, 0.1) is 11.6 Å². The van der Waals surface area contributed by atoms with Gasteiger partial charge in [-0.05, 0) is 19.1 Å². The van der Waals surface area contributed by atoms with E-state index in [2.05, 4.69) is 27.2 Å². The highest BCUT2D eigenvalue weighted by molar-refractivity contribution is 7.09. The normalized spacial score (nSPS) is 12.5. The topological polar surface area (TPSA) is 50.7 Å². The molecule has 18 heavy (non-hydrogen) atoms. The Bertz CT molecular complexity index is 646. The van der Waals surface area contributed by atoms with Gasteiger partial charge in [0.1, 0.15) is 17.2 Å². The first kappa shape index (κ1) is 11.1. The van der Waals surface area contributed by atoms with Gasteiger partial charge in [0.15, 0.2) is 0 Å². The summed E-state index contributed by atoms with van der Waals surface area (Å²) in [5.41, 5.74) is 0.946. The van der Waals surface area contributed by atoms with Crippen LogP contribution in [-0.2, 0) is 0 Å². The lowest BCUT2D eigenvalue weighted by Crippen LogP contribution is -2.08. The predicted molar refractivity (Wildman–Crippen MR) is 73.7 cm³/mol. The van der Waals surface area contributed by atoms with E-state index in [1.54, 1.807) is 17.7 Å². The number of rotatable bonds is 3. The summed E-state index contributed by atoms with van der Waals surface area (Å²) in [6.07, 6.45) is 3.40. The van der Waals surface area contributed by atoms with Crippen LogP contribution in [0, 0.1) is 0 Å². The Morgan fingerprint density at radius 1 is 1.17 bits per heavy atom. The largest absolute Gasteiger partial charge is 0.360 e. The molecule has 0 radical (unpaired) electrons. The van der Waals surface area contributed by atoms with Gasteiger partial charge < -0.3 is 5.32 Å². The maximum absolute atomic E-state index is 4.31. The molecule has 0 saturated carbocycles. The Hall–Kier alpha value is -2.01. The van der Waals surface area contributed by atoms with E-state index in [0.29, 0.717) is 0 Å². The van der Waals surface area contributed by atoms with Crippen molar-refractivity contribution in [2.75, 3.05) is 5.32 Å². The van der Waals surface area contributed by atoms with Crippen LogP contribution in [-0.4, -0.2) is 15.0 Å². The van der Waals surface area contributed by atoms with Gasteiger partial charge in [-0.2, -0.15) is 0 Å². The molecular weight excluding hydrogens is 244 g/mol. The van der Waals surface area contributed by atoms with Gasteiger partial charge in [0.2, 0.25) is 0 Å². The number of aromatic nitrogens is 3. The minimum Gasteiger partial charge on any atom is -0.360 e. The quantitative estimate of drug-likeness (QED) is 0.781. The van der Waals surface area contributed by atoms with Crippen molar-refractivity contribution in [2.45, 2.75) is 13.0 Å². The number of nitrogens with one attached hydrogen (secondary N) is 1. The summed E-state index contributed by atoms with van der Waals surface area (Å²) in [5, 5.41) is 7.45. The average Bonchev–Trinajstić information content (AvgIpc) is 2.93. The maximum atomic E-state index is 4.31. The van der Waals surface area contributed by atoms with E-state index in [0.717, 1.165) is 21.7 Å². The van der Waals surface area contributed by atoms with Crippen molar-refractivity contribution in [1.29, 1.82) is 0 Å². The molecule has 0 aliphatic heterocycles. The van der Waals surface area contributed by atoms with Crippen LogP contribution < -0.4 is 5.32 Å². The van der Waals surface area contributed by atoms with Crippen LogP contribution >= 0.6 is 11.3 Å². The second kappa shape index (κ2) is 4.70. The molecule has 90 valence electrons. The lowest BCUT2D eigenvalue weighted by molar-refractivity contribution is 0.862. The van der Waals surface area contributed by atoms with Gasteiger partial charge in [0.25, 0.3) is 0 Å². The third-order valence-electron chi connectivity index (χ3n) is 2.72. The van der Waals surface area contributed by atoms with Gasteiger partial charge in [0, 0.05) is 17.0 Å². The Balaban J connectivity index is 1.95. The third kappa shape index (κ3) is 2.04. The van der Waals surface area contributed by atoms with Crippen LogP contribution in [0.5, 0.6) is 0 Å². The molecule has 5 heteroatoms. The Morgan fingerprint density at radius 3 is 2.89 bits per heavy atom. The van der Waals surface area contributed by atoms with E-state index >= 15 is 0 Å². The zero-order valence-corrected chi connectivity index (χ0v) is 10.7. The Labute approximate surface area is 109 Å². The number of fused-ring (bicyclic) bond motifs is 1. The van der Waals surface area contributed by atoms with Crippen LogP contribution in [0.15, 0.2) is 42.2 Å². The molecule has 3 aromatic rings. The molecule has 3 rings (SSSR count). The molecule has 0 bridgehead atoms. The first-order valence-corrected chi connectivity index (χ1v) is 6.58. The predicted octanol–water partition coefficient (Wildman–Crippen LogP) is 3.26. The number of hydrogen-bond donors (Lipinski definition) is 1. The number of anilines is 1. The van der Waals surface area contributed by atoms with Crippen molar-refractivity contribution in [2.24, 2.45) is 0 Å². The maximum Gasteiger partial charge on any atom is 0.137 e. The second-order valence-corrected chi connectivity index (χ2v) is 4.90. The fourth-order valence-corrected chi connectivity index (χ4v) is 2.48. The van der Waals surface area contributed by atoms with Crippen molar-refractivity contribution in [3.05, 3.63) is 47.2 Å². The van der Waals surface area contributed by atoms with Gasteiger partial charge in [-0.15, -0.1) is 11.3 Å². The second-order valence-electron chi connectivity index (χ2n) is 3.98. The summed E-state index contributed by atoms with van der Waals surface area (Å²) in [5.74, 6) is 0.850. The van der Waals surface area contributed by atoms with Crippen LogP contribution in [0.25, 0.3) is 10.9 Å². The highest BCUT2D eigenvalue weighted by atomic mass is 32.1. The lowest BCUT2D eigenvalue weighted by Gasteiger charge is -2.13. The van der Waals surface area contributed by atoms with Crippen LogP contribution in [0.2, 0.25) is 0 Å². The standard InChI is InChI=1S/C13H12N4S/c1-9(13-14-6-7-18-13)17-12-10-4-2-3-5-11(10)15-8-16-12/h2-9H,1H3,(H,15,16,17). The summed E-state index contributed by atoms with van der Waals surface area (Å²) < 4.78 is 0. The van der Waals surface area contributed by atoms with Gasteiger partial charge in [-0.3, -0.25) is 0 Å². The van der Waals surface area contributed by atoms with E-state index in [9.17, 15) is 0 Å². The summed E-state index contributed by atoms with van der Waals surface area (Å²) in [7, 11) is 0. The number of benzene rings is 1. The minimum absolute atomic E-state index is 0.142. The molecular formula is C13H12N4S. The molecule has 0 fully saturated rings. The summed E-state index contributed by atoms with van der Waals surface area (Å²) in [4.78, 5) is 12.9. The number of nitrogens with zero attached hydrogens (tertiary/aromatic N) is 3. The monoisotopic (exact) mass is 256 g/mol. The lowest BCUT2D eigenvalue weighted by atomic mass is 10.2. The molecule has 0 aliphatic carbocycles. The van der Waals surface area contributed by atoms with Crippen molar-refractivity contribution >= 4 is 28.1 Å². The fraction of sp³-hybridized carbons (Fsp3) is 0.154. The van der Waals surface area contributed by atoms with E-state index < -0.39 is 0 Å². The SMILES string of the molecule is CC(Nc1ncnc2ccccc12)c1nccs1. The van der Waals surface area contributed by atoms with Gasteiger partial charge in [-0.25, -0.2) is 15.0 Å². The van der Waals surface area contributed by atoms with Crippen LogP contribution in [0.1, 0.15) is 18.0 Å². The van der Waals surface area contributed by atoms with Crippen LogP contribution in [0.4, 0.5) is 5.82 Å². The molecule has 4 nitrogen and oxygen atoms in total. The smallest absolute Gasteiger partial charge is 0.137 e. The van der Waals surface area contributed by atoms with Gasteiger partial charge >= 0.3 is 0 Å². The summed E-state index contributed by atoms with van der Waals surface area (Å²) >= 11 is 1.64. The highest BCUT2D eigenvalue weighted by Crippen LogP contribution is 2.24. The van der Waals surface area contributed by atoms with Crippen LogP contribution in [0.3, 0.4) is 0 Å². The summed E-state index contributed by atoms with van der Waals surface area (Å²) in [6.45, 7) is 2.08. The van der Waals surface area contributed by atoms with E-state index in [1.807, 2.05) is 35.8 Å². The molecule has 0 aliphatic rings. The number of para-hydroxylation sites is 1. The van der Waals surface area contributed by atoms with Crippen molar-refractivity contribution in [3.8, 4) is 0 Å². The van der Waals surface area contributed by atoms with E-state index in [4.69, 9.17) is 0 Å². The molecule has 1 N–H and O–H groups in total. The molecule has 1 atom stereocenters. The molecule has 0 spiro atoms. The molecule has 0 amide bonds. The zero-order valence-electron chi connectivity index (χ0n) is 9.87.